The molecule has 1 atom stereocenters. The first-order chi connectivity index (χ1) is 11.6. The highest BCUT2D eigenvalue weighted by Crippen LogP contribution is 2.41. The van der Waals surface area contributed by atoms with Crippen molar-refractivity contribution in [3.8, 4) is 0 Å². The van der Waals surface area contributed by atoms with Gasteiger partial charge < -0.3 is 0 Å². The Balaban J connectivity index is 2.27. The minimum absolute atomic E-state index is 0.139. The Labute approximate surface area is 148 Å². The van der Waals surface area contributed by atoms with E-state index in [1.54, 1.807) is 0 Å². The molecule has 0 nitrogen and oxygen atoms in total. The van der Waals surface area contributed by atoms with Crippen molar-refractivity contribution >= 4 is 9.24 Å². The average Bonchev–Trinajstić information content (AvgIpc) is 2.60. The van der Waals surface area contributed by atoms with E-state index in [2.05, 4.69) is 103 Å². The Bertz CT molecular complexity index is 685. The van der Waals surface area contributed by atoms with Crippen LogP contribution in [-0.2, 0) is 5.41 Å². The third-order valence-electron chi connectivity index (χ3n) is 4.94. The van der Waals surface area contributed by atoms with Gasteiger partial charge >= 0.3 is 0 Å². The summed E-state index contributed by atoms with van der Waals surface area (Å²) in [6, 6.07) is 27.0. The van der Waals surface area contributed by atoms with Crippen LogP contribution in [0, 0.1) is 20.8 Å². The van der Waals surface area contributed by atoms with Gasteiger partial charge in [0.2, 0.25) is 0 Å². The molecule has 1 heteroatoms. The Kier molecular flexibility index (Phi) is 4.88. The molecular weight excluding hydrogens is 307 g/mol. The smallest absolute Gasteiger partial charge is 0.0485 e. The van der Waals surface area contributed by atoms with Crippen LogP contribution in [0.3, 0.4) is 0 Å². The molecule has 1 unspecified atom stereocenters. The fraction of sp³-hybridized carbons (Fsp3) is 0.217. The van der Waals surface area contributed by atoms with Gasteiger partial charge in [-0.2, -0.15) is 0 Å². The van der Waals surface area contributed by atoms with Gasteiger partial charge in [-0.3, -0.25) is 0 Å². The largest absolute Gasteiger partial charge is 0.136 e. The van der Waals surface area contributed by atoms with Gasteiger partial charge in [-0.05, 0) is 43.6 Å². The molecule has 0 saturated carbocycles. The Morgan fingerprint density at radius 2 is 0.792 bits per heavy atom. The van der Waals surface area contributed by atoms with E-state index in [0.29, 0.717) is 0 Å². The summed E-state index contributed by atoms with van der Waals surface area (Å²) in [7, 11) is 2.98. The van der Waals surface area contributed by atoms with Gasteiger partial charge in [-0.1, -0.05) is 89.5 Å². The van der Waals surface area contributed by atoms with E-state index >= 15 is 0 Å². The van der Waals surface area contributed by atoms with E-state index in [1.165, 1.54) is 33.4 Å². The summed E-state index contributed by atoms with van der Waals surface area (Å²) in [5.74, 6) is 0. The maximum absolute atomic E-state index is 2.98. The van der Waals surface area contributed by atoms with Crippen molar-refractivity contribution in [3.63, 3.8) is 0 Å². The van der Waals surface area contributed by atoms with Crippen LogP contribution in [0.2, 0.25) is 0 Å². The summed E-state index contributed by atoms with van der Waals surface area (Å²) in [6.45, 7) is 6.43. The lowest BCUT2D eigenvalue weighted by Crippen LogP contribution is -2.31. The highest BCUT2D eigenvalue weighted by atomic mass is 31.0. The summed E-state index contributed by atoms with van der Waals surface area (Å²) >= 11 is 0. The average molecular weight is 332 g/mol. The molecule has 0 heterocycles. The fourth-order valence-electron chi connectivity index (χ4n) is 3.37. The van der Waals surface area contributed by atoms with E-state index < -0.39 is 0 Å². The van der Waals surface area contributed by atoms with Crippen LogP contribution in [0.15, 0.2) is 72.8 Å². The van der Waals surface area contributed by atoms with Crippen LogP contribution in [0.5, 0.6) is 0 Å². The molecule has 0 aliphatic heterocycles. The number of benzene rings is 3. The zero-order chi connectivity index (χ0) is 17.2. The highest BCUT2D eigenvalue weighted by Gasteiger charge is 2.34. The molecule has 0 spiro atoms. The molecule has 3 rings (SSSR count). The van der Waals surface area contributed by atoms with Crippen molar-refractivity contribution in [2.75, 3.05) is 6.16 Å². The summed E-state index contributed by atoms with van der Waals surface area (Å²) in [5.41, 5.74) is 7.78. The van der Waals surface area contributed by atoms with Crippen LogP contribution < -0.4 is 0 Å². The molecule has 122 valence electrons. The van der Waals surface area contributed by atoms with Crippen LogP contribution in [0.1, 0.15) is 33.4 Å². The first kappa shape index (κ1) is 16.9. The second-order valence-corrected chi connectivity index (χ2v) is 7.12. The van der Waals surface area contributed by atoms with Crippen molar-refractivity contribution in [1.29, 1.82) is 0 Å². The van der Waals surface area contributed by atoms with Crippen molar-refractivity contribution in [1.82, 2.24) is 0 Å². The van der Waals surface area contributed by atoms with E-state index in [4.69, 9.17) is 0 Å². The minimum atomic E-state index is -0.139. The number of hydrogen-bond acceptors (Lipinski definition) is 0. The molecule has 3 aromatic carbocycles. The molecule has 0 aliphatic rings. The molecule has 0 saturated heterocycles. The van der Waals surface area contributed by atoms with E-state index in [0.717, 1.165) is 6.16 Å². The van der Waals surface area contributed by atoms with Gasteiger partial charge in [0.05, 0.1) is 0 Å². The van der Waals surface area contributed by atoms with Crippen LogP contribution in [0.4, 0.5) is 0 Å². The van der Waals surface area contributed by atoms with Crippen molar-refractivity contribution < 1.29 is 0 Å². The fourth-order valence-corrected chi connectivity index (χ4v) is 4.07. The van der Waals surface area contributed by atoms with Gasteiger partial charge in [0, 0.05) is 5.41 Å². The Morgan fingerprint density at radius 3 is 1.00 bits per heavy atom. The number of rotatable bonds is 4. The molecule has 24 heavy (non-hydrogen) atoms. The van der Waals surface area contributed by atoms with Gasteiger partial charge in [0.15, 0.2) is 0 Å². The minimum Gasteiger partial charge on any atom is -0.136 e. The lowest BCUT2D eigenvalue weighted by atomic mass is 9.70. The third-order valence-corrected chi connectivity index (χ3v) is 5.55. The van der Waals surface area contributed by atoms with Gasteiger partial charge in [0.25, 0.3) is 0 Å². The van der Waals surface area contributed by atoms with E-state index in [-0.39, 0.29) is 5.41 Å². The predicted molar refractivity (Wildman–Crippen MR) is 108 cm³/mol. The SMILES string of the molecule is Cc1ccc(C(CP)(c2ccc(C)cc2)c2ccc(C)cc2)cc1. The molecule has 3 aromatic rings. The molecule has 0 aliphatic carbocycles. The summed E-state index contributed by atoms with van der Waals surface area (Å²) in [5, 5.41) is 0. The van der Waals surface area contributed by atoms with E-state index in [1.807, 2.05) is 0 Å². The lowest BCUT2D eigenvalue weighted by Gasteiger charge is -2.35. The topological polar surface area (TPSA) is 0 Å². The molecule has 0 amide bonds. The second-order valence-electron chi connectivity index (χ2n) is 6.71. The number of aryl methyl sites for hydroxylation is 3. The molecule has 0 bridgehead atoms. The number of hydrogen-bond donors (Lipinski definition) is 0. The van der Waals surface area contributed by atoms with Crippen LogP contribution in [-0.4, -0.2) is 6.16 Å². The molecule has 0 N–H and O–H groups in total. The molecule has 0 aromatic heterocycles. The third kappa shape index (κ3) is 3.04. The quantitative estimate of drug-likeness (QED) is 0.417. The first-order valence-electron chi connectivity index (χ1n) is 8.48. The maximum atomic E-state index is 2.98. The highest BCUT2D eigenvalue weighted by molar-refractivity contribution is 7.16. The zero-order valence-electron chi connectivity index (χ0n) is 14.7. The van der Waals surface area contributed by atoms with Gasteiger partial charge in [0.1, 0.15) is 0 Å². The monoisotopic (exact) mass is 332 g/mol. The van der Waals surface area contributed by atoms with E-state index in [9.17, 15) is 0 Å². The van der Waals surface area contributed by atoms with Crippen molar-refractivity contribution in [2.24, 2.45) is 0 Å². The van der Waals surface area contributed by atoms with Gasteiger partial charge in [-0.15, -0.1) is 9.24 Å². The normalized spacial score (nSPS) is 11.5. The van der Waals surface area contributed by atoms with Crippen LogP contribution in [0.25, 0.3) is 0 Å². The lowest BCUT2D eigenvalue weighted by molar-refractivity contribution is 0.704. The predicted octanol–water partition coefficient (Wildman–Crippen LogP) is 5.82. The summed E-state index contributed by atoms with van der Waals surface area (Å²) < 4.78 is 0. The zero-order valence-corrected chi connectivity index (χ0v) is 15.9. The first-order valence-corrected chi connectivity index (χ1v) is 9.29. The standard InChI is InChI=1S/C23H25P/c1-17-4-10-20(11-5-17)23(16-24,21-12-6-18(2)7-13-21)22-14-8-19(3)9-15-22/h4-15H,16,24H2,1-3H3. The Hall–Kier alpha value is -1.91. The van der Waals surface area contributed by atoms with Crippen molar-refractivity contribution in [2.45, 2.75) is 26.2 Å². The summed E-state index contributed by atoms with van der Waals surface area (Å²) in [4.78, 5) is 0. The Morgan fingerprint density at radius 1 is 0.542 bits per heavy atom. The van der Waals surface area contributed by atoms with Crippen molar-refractivity contribution in [3.05, 3.63) is 106 Å². The van der Waals surface area contributed by atoms with Gasteiger partial charge in [-0.25, -0.2) is 0 Å². The second kappa shape index (κ2) is 6.91. The maximum Gasteiger partial charge on any atom is 0.0485 e. The summed E-state index contributed by atoms with van der Waals surface area (Å²) in [6.07, 6.45) is 0.947. The van der Waals surface area contributed by atoms with Crippen LogP contribution >= 0.6 is 9.24 Å². The molecular formula is C23H25P. The molecule has 0 radical (unpaired) electrons. The molecule has 0 fully saturated rings.